The smallest absolute Gasteiger partial charge is 0.103 e. The molecule has 0 aliphatic carbocycles. The number of aromatic nitrogens is 2. The van der Waals surface area contributed by atoms with Crippen LogP contribution in [0.5, 0.6) is 0 Å². The van der Waals surface area contributed by atoms with Crippen LogP contribution >= 0.6 is 0 Å². The zero-order valence-corrected chi connectivity index (χ0v) is 10.8. The summed E-state index contributed by atoms with van der Waals surface area (Å²) in [5.41, 5.74) is 4.76. The van der Waals surface area contributed by atoms with E-state index in [4.69, 9.17) is 0 Å². The topological polar surface area (TPSA) is 32.3 Å². The minimum absolute atomic E-state index is 0.283. The van der Waals surface area contributed by atoms with Gasteiger partial charge in [0.1, 0.15) is 6.17 Å². The molecule has 3 heterocycles. The summed E-state index contributed by atoms with van der Waals surface area (Å²) in [6.45, 7) is 4.29. The highest BCUT2D eigenvalue weighted by molar-refractivity contribution is 5.83. The van der Waals surface area contributed by atoms with Gasteiger partial charge in [-0.15, -0.1) is 0 Å². The lowest BCUT2D eigenvalue weighted by atomic mass is 10.2. The van der Waals surface area contributed by atoms with Crippen LogP contribution in [-0.2, 0) is 0 Å². The second-order valence-electron chi connectivity index (χ2n) is 4.64. The van der Waals surface area contributed by atoms with E-state index in [1.165, 1.54) is 22.6 Å². The van der Waals surface area contributed by atoms with Crippen LogP contribution in [-0.4, -0.2) is 23.2 Å². The van der Waals surface area contributed by atoms with Gasteiger partial charge in [0.15, 0.2) is 0 Å². The summed E-state index contributed by atoms with van der Waals surface area (Å²) in [6.07, 6.45) is 7.79. The second-order valence-corrected chi connectivity index (χ2v) is 4.64. The van der Waals surface area contributed by atoms with Crippen LogP contribution in [0.1, 0.15) is 12.5 Å². The molecule has 0 saturated carbocycles. The number of nitrogens with zero attached hydrogens (tertiary/aromatic N) is 4. The fourth-order valence-corrected chi connectivity index (χ4v) is 2.50. The molecule has 1 aliphatic rings. The Hall–Kier alpha value is -2.10. The minimum Gasteiger partial charge on any atom is -0.351 e. The van der Waals surface area contributed by atoms with Gasteiger partial charge in [0.05, 0.1) is 17.6 Å². The van der Waals surface area contributed by atoms with Crippen LogP contribution in [0.3, 0.4) is 0 Å². The zero-order chi connectivity index (χ0) is 12.7. The average Bonchev–Trinajstić information content (AvgIpc) is 2.64. The maximum absolute atomic E-state index is 4.21. The van der Waals surface area contributed by atoms with Crippen molar-refractivity contribution in [2.45, 2.75) is 20.0 Å². The molecule has 4 heteroatoms. The predicted molar refractivity (Wildman–Crippen MR) is 73.2 cm³/mol. The summed E-state index contributed by atoms with van der Waals surface area (Å²) in [5.74, 6) is 0. The van der Waals surface area contributed by atoms with Crippen LogP contribution in [0.15, 0.2) is 36.9 Å². The van der Waals surface area contributed by atoms with Gasteiger partial charge in [-0.05, 0) is 31.5 Å². The Labute approximate surface area is 107 Å². The number of fused-ring (bicyclic) bond motifs is 1. The largest absolute Gasteiger partial charge is 0.351 e. The Balaban J connectivity index is 2.16. The molecule has 2 aromatic heterocycles. The molecule has 0 radical (unpaired) electrons. The van der Waals surface area contributed by atoms with Gasteiger partial charge in [0, 0.05) is 31.3 Å². The summed E-state index contributed by atoms with van der Waals surface area (Å²) in [5, 5.41) is 0. The number of hydrogen-bond acceptors (Lipinski definition) is 4. The zero-order valence-electron chi connectivity index (χ0n) is 10.8. The average molecular weight is 240 g/mol. The molecule has 0 aromatic carbocycles. The van der Waals surface area contributed by atoms with E-state index in [9.17, 15) is 0 Å². The lowest BCUT2D eigenvalue weighted by molar-refractivity contribution is 0.732. The second kappa shape index (κ2) is 3.98. The van der Waals surface area contributed by atoms with E-state index in [1.54, 1.807) is 0 Å². The van der Waals surface area contributed by atoms with Gasteiger partial charge in [-0.3, -0.25) is 9.97 Å². The van der Waals surface area contributed by atoms with Gasteiger partial charge in [-0.2, -0.15) is 0 Å². The SMILES string of the molecule is Cc1cnccc1N1c2ccncc2N(C)C1C. The Morgan fingerprint density at radius 3 is 2.39 bits per heavy atom. The first-order chi connectivity index (χ1) is 8.70. The van der Waals surface area contributed by atoms with E-state index in [1.807, 2.05) is 24.8 Å². The first-order valence-electron chi connectivity index (χ1n) is 6.07. The molecule has 0 bridgehead atoms. The third kappa shape index (κ3) is 1.45. The molecule has 1 aliphatic heterocycles. The molecule has 1 atom stereocenters. The highest BCUT2D eigenvalue weighted by Crippen LogP contribution is 2.43. The fraction of sp³-hybridized carbons (Fsp3) is 0.286. The lowest BCUT2D eigenvalue weighted by Crippen LogP contribution is -2.35. The van der Waals surface area contributed by atoms with E-state index < -0.39 is 0 Å². The van der Waals surface area contributed by atoms with E-state index in [2.05, 4.69) is 52.8 Å². The van der Waals surface area contributed by atoms with Crippen LogP contribution in [0.4, 0.5) is 17.1 Å². The van der Waals surface area contributed by atoms with Crippen molar-refractivity contribution in [3.63, 3.8) is 0 Å². The van der Waals surface area contributed by atoms with E-state index in [-0.39, 0.29) is 6.17 Å². The molecule has 2 aromatic rings. The summed E-state index contributed by atoms with van der Waals surface area (Å²) in [4.78, 5) is 12.9. The number of pyridine rings is 2. The Morgan fingerprint density at radius 1 is 1.00 bits per heavy atom. The summed E-state index contributed by atoms with van der Waals surface area (Å²) in [7, 11) is 2.10. The molecule has 0 N–H and O–H groups in total. The van der Waals surface area contributed by atoms with Crippen molar-refractivity contribution in [2.24, 2.45) is 0 Å². The quantitative estimate of drug-likeness (QED) is 0.767. The van der Waals surface area contributed by atoms with Gasteiger partial charge in [-0.25, -0.2) is 0 Å². The van der Waals surface area contributed by atoms with Crippen LogP contribution in [0, 0.1) is 6.92 Å². The van der Waals surface area contributed by atoms with Gasteiger partial charge >= 0.3 is 0 Å². The van der Waals surface area contributed by atoms with Crippen molar-refractivity contribution in [1.82, 2.24) is 9.97 Å². The van der Waals surface area contributed by atoms with E-state index in [0.29, 0.717) is 0 Å². The molecular formula is C14H16N4. The van der Waals surface area contributed by atoms with Crippen molar-refractivity contribution in [3.05, 3.63) is 42.5 Å². The predicted octanol–water partition coefficient (Wildman–Crippen LogP) is 2.72. The molecule has 0 spiro atoms. The molecule has 4 nitrogen and oxygen atoms in total. The molecular weight excluding hydrogens is 224 g/mol. The summed E-state index contributed by atoms with van der Waals surface area (Å²) < 4.78 is 0. The van der Waals surface area contributed by atoms with E-state index in [0.717, 1.165) is 0 Å². The van der Waals surface area contributed by atoms with Crippen LogP contribution < -0.4 is 9.80 Å². The molecule has 0 saturated heterocycles. The van der Waals surface area contributed by atoms with Crippen molar-refractivity contribution >= 4 is 17.1 Å². The van der Waals surface area contributed by atoms with Crippen LogP contribution in [0.25, 0.3) is 0 Å². The Kier molecular flexibility index (Phi) is 2.44. The third-order valence-electron chi connectivity index (χ3n) is 3.60. The molecule has 92 valence electrons. The van der Waals surface area contributed by atoms with Crippen LogP contribution in [0.2, 0.25) is 0 Å². The van der Waals surface area contributed by atoms with Crippen molar-refractivity contribution in [3.8, 4) is 0 Å². The Bertz CT molecular complexity index is 582. The highest BCUT2D eigenvalue weighted by atomic mass is 15.4. The fourth-order valence-electron chi connectivity index (χ4n) is 2.50. The molecule has 0 fully saturated rings. The normalized spacial score (nSPS) is 18.1. The standard InChI is InChI=1S/C14H16N4/c1-10-8-15-6-4-12(10)18-11(2)17(3)14-9-16-7-5-13(14)18/h4-9,11H,1-3H3. The Morgan fingerprint density at radius 2 is 1.67 bits per heavy atom. The third-order valence-corrected chi connectivity index (χ3v) is 3.60. The maximum Gasteiger partial charge on any atom is 0.103 e. The first kappa shape index (κ1) is 11.0. The lowest BCUT2D eigenvalue weighted by Gasteiger charge is -2.28. The molecule has 1 unspecified atom stereocenters. The van der Waals surface area contributed by atoms with Gasteiger partial charge in [0.25, 0.3) is 0 Å². The van der Waals surface area contributed by atoms with Gasteiger partial charge in [0.2, 0.25) is 0 Å². The number of anilines is 3. The molecule has 3 rings (SSSR count). The number of hydrogen-bond donors (Lipinski definition) is 0. The molecule has 0 amide bonds. The first-order valence-corrected chi connectivity index (χ1v) is 6.07. The monoisotopic (exact) mass is 240 g/mol. The van der Waals surface area contributed by atoms with Crippen molar-refractivity contribution < 1.29 is 0 Å². The van der Waals surface area contributed by atoms with Gasteiger partial charge in [-0.1, -0.05) is 0 Å². The highest BCUT2D eigenvalue weighted by Gasteiger charge is 2.31. The summed E-state index contributed by atoms with van der Waals surface area (Å²) in [6, 6.07) is 4.13. The molecule has 18 heavy (non-hydrogen) atoms. The summed E-state index contributed by atoms with van der Waals surface area (Å²) >= 11 is 0. The van der Waals surface area contributed by atoms with Gasteiger partial charge < -0.3 is 9.80 Å². The van der Waals surface area contributed by atoms with Crippen molar-refractivity contribution in [1.29, 1.82) is 0 Å². The number of aryl methyl sites for hydroxylation is 1. The minimum atomic E-state index is 0.283. The number of rotatable bonds is 1. The van der Waals surface area contributed by atoms with E-state index >= 15 is 0 Å². The maximum atomic E-state index is 4.21. The van der Waals surface area contributed by atoms with Crippen molar-refractivity contribution in [2.75, 3.05) is 16.8 Å².